The van der Waals surface area contributed by atoms with E-state index >= 15 is 0 Å². The number of hydrogen-bond donors (Lipinski definition) is 2. The van der Waals surface area contributed by atoms with Crippen molar-refractivity contribution in [2.45, 2.75) is 10.9 Å². The van der Waals surface area contributed by atoms with Gasteiger partial charge in [0.2, 0.25) is 0 Å². The number of nitrogens with zero attached hydrogens (tertiary/aromatic N) is 4. The highest BCUT2D eigenvalue weighted by Crippen LogP contribution is 2.27. The largest absolute Gasteiger partial charge is 0.507 e. The van der Waals surface area contributed by atoms with Gasteiger partial charge in [0.15, 0.2) is 16.6 Å². The summed E-state index contributed by atoms with van der Waals surface area (Å²) < 4.78 is 0. The quantitative estimate of drug-likeness (QED) is 0.317. The van der Waals surface area contributed by atoms with E-state index < -0.39 is 0 Å². The van der Waals surface area contributed by atoms with Gasteiger partial charge in [-0.05, 0) is 17.7 Å². The maximum absolute atomic E-state index is 9.88. The number of aliphatic imine (C=N–C) groups is 1. The van der Waals surface area contributed by atoms with Gasteiger partial charge >= 0.3 is 0 Å². The second-order valence-electron chi connectivity index (χ2n) is 5.55. The summed E-state index contributed by atoms with van der Waals surface area (Å²) >= 11 is 1.54. The molecule has 0 saturated heterocycles. The van der Waals surface area contributed by atoms with Crippen LogP contribution in [-0.4, -0.2) is 31.5 Å². The maximum Gasteiger partial charge on any atom is 0.191 e. The Labute approximate surface area is 154 Å². The molecule has 0 aliphatic carbocycles. The molecule has 4 rings (SSSR count). The summed E-state index contributed by atoms with van der Waals surface area (Å²) in [4.78, 5) is 13.5. The molecule has 0 atom stereocenters. The second kappa shape index (κ2) is 7.37. The number of aromatic amines is 1. The van der Waals surface area contributed by atoms with Crippen LogP contribution in [0.4, 0.5) is 5.82 Å². The number of para-hydroxylation sites is 1. The minimum absolute atomic E-state index is 0.174. The Bertz CT molecular complexity index is 1060. The Balaban J connectivity index is 1.63. The number of rotatable bonds is 5. The summed E-state index contributed by atoms with van der Waals surface area (Å²) in [5.41, 5.74) is 2.46. The van der Waals surface area contributed by atoms with Gasteiger partial charge in [-0.25, -0.2) is 15.0 Å². The molecule has 7 heteroatoms. The van der Waals surface area contributed by atoms with Crippen LogP contribution in [0.1, 0.15) is 11.1 Å². The van der Waals surface area contributed by atoms with Crippen molar-refractivity contribution < 1.29 is 5.11 Å². The molecule has 128 valence electrons. The number of thioether (sulfide) groups is 1. The van der Waals surface area contributed by atoms with Crippen molar-refractivity contribution >= 4 is 34.8 Å². The molecule has 0 radical (unpaired) electrons. The first-order chi connectivity index (χ1) is 12.8. The SMILES string of the molecule is Oc1ccccc1C=Nc1nc(SCc2ccccc2)nc2[nH]ncc12. The summed E-state index contributed by atoms with van der Waals surface area (Å²) in [6.45, 7) is 0. The van der Waals surface area contributed by atoms with Crippen molar-refractivity contribution in [2.75, 3.05) is 0 Å². The van der Waals surface area contributed by atoms with Gasteiger partial charge in [-0.1, -0.05) is 54.2 Å². The van der Waals surface area contributed by atoms with Crippen molar-refractivity contribution in [1.29, 1.82) is 0 Å². The molecular formula is C19H15N5OS. The minimum atomic E-state index is 0.174. The summed E-state index contributed by atoms with van der Waals surface area (Å²) in [5, 5.41) is 18.1. The molecule has 0 amide bonds. The molecule has 0 fully saturated rings. The Morgan fingerprint density at radius 3 is 2.69 bits per heavy atom. The van der Waals surface area contributed by atoms with Gasteiger partial charge in [0.1, 0.15) is 5.75 Å². The van der Waals surface area contributed by atoms with Crippen LogP contribution >= 0.6 is 11.8 Å². The lowest BCUT2D eigenvalue weighted by atomic mass is 10.2. The van der Waals surface area contributed by atoms with E-state index in [-0.39, 0.29) is 5.75 Å². The number of hydrogen-bond acceptors (Lipinski definition) is 6. The van der Waals surface area contributed by atoms with E-state index in [0.29, 0.717) is 22.2 Å². The van der Waals surface area contributed by atoms with Gasteiger partial charge in [0, 0.05) is 17.5 Å². The summed E-state index contributed by atoms with van der Waals surface area (Å²) in [5.74, 6) is 1.46. The molecule has 0 unspecified atom stereocenters. The Kier molecular flexibility index (Phi) is 4.61. The Morgan fingerprint density at radius 2 is 1.85 bits per heavy atom. The zero-order valence-corrected chi connectivity index (χ0v) is 14.5. The zero-order valence-electron chi connectivity index (χ0n) is 13.7. The highest BCUT2D eigenvalue weighted by atomic mass is 32.2. The van der Waals surface area contributed by atoms with E-state index in [0.717, 1.165) is 11.1 Å². The van der Waals surface area contributed by atoms with E-state index in [2.05, 4.69) is 37.3 Å². The Morgan fingerprint density at radius 1 is 1.04 bits per heavy atom. The molecule has 2 N–H and O–H groups in total. The standard InChI is InChI=1S/C19H15N5OS/c25-16-9-5-4-8-14(16)10-20-17-15-11-21-24-18(15)23-19(22-17)26-12-13-6-2-1-3-7-13/h1-11,25H,12H2,(H,21,22,23,24). The van der Waals surface area contributed by atoms with E-state index in [9.17, 15) is 5.11 Å². The van der Waals surface area contributed by atoms with Gasteiger partial charge in [-0.3, -0.25) is 5.10 Å². The number of phenols is 1. The maximum atomic E-state index is 9.88. The van der Waals surface area contributed by atoms with Crippen molar-refractivity contribution in [3.05, 3.63) is 71.9 Å². The molecule has 2 aromatic carbocycles. The van der Waals surface area contributed by atoms with Crippen molar-refractivity contribution in [2.24, 2.45) is 4.99 Å². The molecule has 4 aromatic rings. The van der Waals surface area contributed by atoms with Crippen LogP contribution in [-0.2, 0) is 5.75 Å². The number of aromatic nitrogens is 4. The molecule has 2 aromatic heterocycles. The van der Waals surface area contributed by atoms with Gasteiger partial charge in [0.05, 0.1) is 11.6 Å². The Hall–Kier alpha value is -3.19. The van der Waals surface area contributed by atoms with Crippen LogP contribution in [0.15, 0.2) is 70.9 Å². The van der Waals surface area contributed by atoms with Crippen LogP contribution in [0, 0.1) is 0 Å². The summed E-state index contributed by atoms with van der Waals surface area (Å²) in [6.07, 6.45) is 3.24. The lowest BCUT2D eigenvalue weighted by molar-refractivity contribution is 0.474. The smallest absolute Gasteiger partial charge is 0.191 e. The van der Waals surface area contributed by atoms with Crippen LogP contribution in [0.25, 0.3) is 11.0 Å². The van der Waals surface area contributed by atoms with Gasteiger partial charge < -0.3 is 5.11 Å². The first-order valence-corrected chi connectivity index (χ1v) is 8.98. The van der Waals surface area contributed by atoms with Crippen LogP contribution in [0.5, 0.6) is 5.75 Å². The molecule has 0 aliphatic rings. The number of H-pyrrole nitrogens is 1. The predicted octanol–water partition coefficient (Wildman–Crippen LogP) is 4.10. The second-order valence-corrected chi connectivity index (χ2v) is 6.50. The molecule has 2 heterocycles. The third-order valence-electron chi connectivity index (χ3n) is 3.74. The monoisotopic (exact) mass is 361 g/mol. The number of nitrogens with one attached hydrogen (secondary N) is 1. The average molecular weight is 361 g/mol. The number of aromatic hydroxyl groups is 1. The first-order valence-electron chi connectivity index (χ1n) is 7.99. The molecule has 0 bridgehead atoms. The fourth-order valence-electron chi connectivity index (χ4n) is 2.41. The molecular weight excluding hydrogens is 346 g/mol. The minimum Gasteiger partial charge on any atom is -0.507 e. The third-order valence-corrected chi connectivity index (χ3v) is 4.66. The number of benzene rings is 2. The number of phenolic OH excluding ortho intramolecular Hbond substituents is 1. The van der Waals surface area contributed by atoms with Crippen LogP contribution in [0.3, 0.4) is 0 Å². The van der Waals surface area contributed by atoms with Crippen molar-refractivity contribution in [3.63, 3.8) is 0 Å². The van der Waals surface area contributed by atoms with E-state index in [1.807, 2.05) is 24.3 Å². The number of fused-ring (bicyclic) bond motifs is 1. The third kappa shape index (κ3) is 3.57. The zero-order chi connectivity index (χ0) is 17.8. The lowest BCUT2D eigenvalue weighted by Gasteiger charge is -2.03. The lowest BCUT2D eigenvalue weighted by Crippen LogP contribution is -1.90. The molecule has 0 aliphatic heterocycles. The topological polar surface area (TPSA) is 87.0 Å². The van der Waals surface area contributed by atoms with E-state index in [1.54, 1.807) is 30.6 Å². The van der Waals surface area contributed by atoms with E-state index in [4.69, 9.17) is 0 Å². The van der Waals surface area contributed by atoms with Gasteiger partial charge in [-0.15, -0.1) is 0 Å². The van der Waals surface area contributed by atoms with Gasteiger partial charge in [0.25, 0.3) is 0 Å². The van der Waals surface area contributed by atoms with Gasteiger partial charge in [-0.2, -0.15) is 5.10 Å². The van der Waals surface area contributed by atoms with Crippen molar-refractivity contribution in [1.82, 2.24) is 20.2 Å². The van der Waals surface area contributed by atoms with E-state index in [1.165, 1.54) is 17.3 Å². The molecule has 0 spiro atoms. The highest BCUT2D eigenvalue weighted by molar-refractivity contribution is 7.98. The van der Waals surface area contributed by atoms with Crippen LogP contribution in [0.2, 0.25) is 0 Å². The first kappa shape index (κ1) is 16.3. The average Bonchev–Trinajstić information content (AvgIpc) is 3.15. The predicted molar refractivity (Wildman–Crippen MR) is 103 cm³/mol. The van der Waals surface area contributed by atoms with Crippen LogP contribution < -0.4 is 0 Å². The summed E-state index contributed by atoms with van der Waals surface area (Å²) in [7, 11) is 0. The van der Waals surface area contributed by atoms with Crippen molar-refractivity contribution in [3.8, 4) is 5.75 Å². The summed E-state index contributed by atoms with van der Waals surface area (Å²) in [6, 6.07) is 17.2. The highest BCUT2D eigenvalue weighted by Gasteiger charge is 2.09. The molecule has 0 saturated carbocycles. The molecule has 26 heavy (non-hydrogen) atoms. The fourth-order valence-corrected chi connectivity index (χ4v) is 3.21. The normalized spacial score (nSPS) is 11.4. The fraction of sp³-hybridized carbons (Fsp3) is 0.0526. The molecule has 6 nitrogen and oxygen atoms in total.